The molecule has 1 aromatic carbocycles. The number of nitrogens with zero attached hydrogens (tertiary/aromatic N) is 4. The average molecular weight is 441 g/mol. The number of anilines is 1. The van der Waals surface area contributed by atoms with Crippen LogP contribution >= 0.6 is 23.7 Å². The van der Waals surface area contributed by atoms with E-state index in [1.807, 2.05) is 37.2 Å². The number of likely N-dealkylation sites (tertiary alicyclic amines) is 1. The zero-order valence-corrected chi connectivity index (χ0v) is 18.3. The summed E-state index contributed by atoms with van der Waals surface area (Å²) in [5, 5.41) is 0.544. The van der Waals surface area contributed by atoms with Crippen molar-refractivity contribution >= 4 is 56.8 Å². The third-order valence-electron chi connectivity index (χ3n) is 4.56. The molecule has 0 saturated carbocycles. The minimum Gasteiger partial charge on any atom is -0.494 e. The lowest BCUT2D eigenvalue weighted by molar-refractivity contribution is -0.141. The number of halogens is 1. The van der Waals surface area contributed by atoms with Crippen LogP contribution in [0.5, 0.6) is 5.75 Å². The minimum atomic E-state index is -0.305. The molecule has 29 heavy (non-hydrogen) atoms. The Morgan fingerprint density at radius 3 is 2.52 bits per heavy atom. The van der Waals surface area contributed by atoms with Gasteiger partial charge in [0.1, 0.15) is 17.8 Å². The monoisotopic (exact) mass is 440 g/mol. The first-order valence-corrected chi connectivity index (χ1v) is 9.94. The van der Waals surface area contributed by atoms with E-state index in [9.17, 15) is 14.4 Å². The van der Waals surface area contributed by atoms with Crippen LogP contribution in [0.1, 0.15) is 19.3 Å². The van der Waals surface area contributed by atoms with Crippen LogP contribution in [0.25, 0.3) is 10.2 Å². The van der Waals surface area contributed by atoms with Gasteiger partial charge in [-0.1, -0.05) is 17.4 Å². The Balaban J connectivity index is 0.00000300. The summed E-state index contributed by atoms with van der Waals surface area (Å²) in [6.45, 7) is 1.02. The standard InChI is InChI=1S/C19H24N4O4S.ClH/c1-21(2)10-5-11-22(17(26)12-23-15(24)8-9-16(23)25)19-20-18-13(27-3)6-4-7-14(18)28-19;/h4,6-7H,5,8-12H2,1-3H3;1H. The van der Waals surface area contributed by atoms with Crippen molar-refractivity contribution in [3.05, 3.63) is 18.2 Å². The van der Waals surface area contributed by atoms with E-state index in [1.165, 1.54) is 11.3 Å². The second-order valence-corrected chi connectivity index (χ2v) is 7.89. The first-order valence-electron chi connectivity index (χ1n) is 9.12. The van der Waals surface area contributed by atoms with Crippen LogP contribution in [-0.4, -0.2) is 73.3 Å². The van der Waals surface area contributed by atoms with E-state index in [0.29, 0.717) is 22.9 Å². The summed E-state index contributed by atoms with van der Waals surface area (Å²) in [6.07, 6.45) is 1.09. The number of thiazole rings is 1. The molecule has 0 radical (unpaired) electrons. The third-order valence-corrected chi connectivity index (χ3v) is 5.60. The van der Waals surface area contributed by atoms with Crippen LogP contribution in [0.3, 0.4) is 0 Å². The predicted octanol–water partition coefficient (Wildman–Crippen LogP) is 2.16. The van der Waals surface area contributed by atoms with Gasteiger partial charge in [-0.3, -0.25) is 24.2 Å². The molecular weight excluding hydrogens is 416 g/mol. The first-order chi connectivity index (χ1) is 13.4. The average Bonchev–Trinajstić information content (AvgIpc) is 3.23. The van der Waals surface area contributed by atoms with Gasteiger partial charge in [0.15, 0.2) is 5.13 Å². The van der Waals surface area contributed by atoms with Crippen molar-refractivity contribution in [3.63, 3.8) is 0 Å². The maximum Gasteiger partial charge on any atom is 0.248 e. The van der Waals surface area contributed by atoms with E-state index in [1.54, 1.807) is 12.0 Å². The Morgan fingerprint density at radius 2 is 1.90 bits per heavy atom. The number of hydrogen-bond donors (Lipinski definition) is 0. The highest BCUT2D eigenvalue weighted by atomic mass is 35.5. The van der Waals surface area contributed by atoms with Gasteiger partial charge in [-0.2, -0.15) is 0 Å². The molecule has 0 unspecified atom stereocenters. The molecule has 1 saturated heterocycles. The molecule has 0 atom stereocenters. The van der Waals surface area contributed by atoms with E-state index in [2.05, 4.69) is 4.98 Å². The molecule has 3 amide bonds. The quantitative estimate of drug-likeness (QED) is 0.585. The normalized spacial score (nSPS) is 13.9. The lowest BCUT2D eigenvalue weighted by atomic mass is 10.3. The summed E-state index contributed by atoms with van der Waals surface area (Å²) < 4.78 is 6.28. The van der Waals surface area contributed by atoms with Crippen LogP contribution in [0.15, 0.2) is 18.2 Å². The maximum absolute atomic E-state index is 13.0. The Kier molecular flexibility index (Phi) is 7.95. The lowest BCUT2D eigenvalue weighted by Gasteiger charge is -2.23. The first kappa shape index (κ1) is 23.1. The van der Waals surface area contributed by atoms with E-state index < -0.39 is 0 Å². The van der Waals surface area contributed by atoms with Crippen molar-refractivity contribution in [2.75, 3.05) is 45.7 Å². The number of amides is 3. The Labute approximate surface area is 179 Å². The number of rotatable bonds is 8. The van der Waals surface area contributed by atoms with Crippen molar-refractivity contribution < 1.29 is 19.1 Å². The molecule has 0 spiro atoms. The van der Waals surface area contributed by atoms with Crippen LogP contribution in [0, 0.1) is 0 Å². The smallest absolute Gasteiger partial charge is 0.248 e. The van der Waals surface area contributed by atoms with Crippen LogP contribution in [0.4, 0.5) is 5.13 Å². The second kappa shape index (κ2) is 10.00. The van der Waals surface area contributed by atoms with Gasteiger partial charge in [0.25, 0.3) is 0 Å². The summed E-state index contributed by atoms with van der Waals surface area (Å²) in [5.41, 5.74) is 0.698. The molecule has 8 nitrogen and oxygen atoms in total. The number of fused-ring (bicyclic) bond motifs is 1. The number of ether oxygens (including phenoxy) is 1. The van der Waals surface area contributed by atoms with Gasteiger partial charge in [-0.25, -0.2) is 4.98 Å². The van der Waals surface area contributed by atoms with E-state index >= 15 is 0 Å². The SMILES string of the molecule is COc1cccc2sc(N(CCCN(C)C)C(=O)CN3C(=O)CCC3=O)nc12.Cl. The number of para-hydroxylation sites is 1. The zero-order valence-electron chi connectivity index (χ0n) is 16.7. The highest BCUT2D eigenvalue weighted by Crippen LogP contribution is 2.34. The number of methoxy groups -OCH3 is 1. The summed E-state index contributed by atoms with van der Waals surface area (Å²) >= 11 is 1.39. The number of aromatic nitrogens is 1. The fraction of sp³-hybridized carbons (Fsp3) is 0.474. The topological polar surface area (TPSA) is 83.0 Å². The molecule has 1 aliphatic heterocycles. The minimum absolute atomic E-state index is 0. The molecule has 1 fully saturated rings. The molecule has 1 aliphatic rings. The highest BCUT2D eigenvalue weighted by Gasteiger charge is 2.32. The molecule has 0 N–H and O–H groups in total. The predicted molar refractivity (Wildman–Crippen MR) is 115 cm³/mol. The van der Waals surface area contributed by atoms with E-state index in [0.717, 1.165) is 22.6 Å². The molecule has 10 heteroatoms. The molecular formula is C19H25ClN4O4S. The van der Waals surface area contributed by atoms with Gasteiger partial charge < -0.3 is 9.64 Å². The molecule has 0 bridgehead atoms. The summed E-state index contributed by atoms with van der Waals surface area (Å²) in [4.78, 5) is 46.1. The number of hydrogen-bond acceptors (Lipinski definition) is 7. The van der Waals surface area contributed by atoms with Gasteiger partial charge in [0, 0.05) is 19.4 Å². The Morgan fingerprint density at radius 1 is 1.21 bits per heavy atom. The van der Waals surface area contributed by atoms with Crippen molar-refractivity contribution in [2.24, 2.45) is 0 Å². The summed E-state index contributed by atoms with van der Waals surface area (Å²) in [7, 11) is 5.52. The van der Waals surface area contributed by atoms with Gasteiger partial charge in [-0.15, -0.1) is 12.4 Å². The number of carbonyl (C=O) groups excluding carboxylic acids is 3. The summed E-state index contributed by atoms with van der Waals surface area (Å²) in [5.74, 6) is -0.249. The third kappa shape index (κ3) is 5.23. The fourth-order valence-electron chi connectivity index (χ4n) is 3.08. The number of carbonyl (C=O) groups is 3. The van der Waals surface area contributed by atoms with Crippen molar-refractivity contribution in [3.8, 4) is 5.75 Å². The van der Waals surface area contributed by atoms with Gasteiger partial charge >= 0.3 is 0 Å². The largest absolute Gasteiger partial charge is 0.494 e. The van der Waals surface area contributed by atoms with Crippen LogP contribution in [0.2, 0.25) is 0 Å². The number of imide groups is 1. The van der Waals surface area contributed by atoms with Gasteiger partial charge in [0.2, 0.25) is 17.7 Å². The summed E-state index contributed by atoms with van der Waals surface area (Å²) in [6, 6.07) is 5.63. The van der Waals surface area contributed by atoms with Crippen molar-refractivity contribution in [1.29, 1.82) is 0 Å². The Bertz CT molecular complexity index is 885. The fourth-order valence-corrected chi connectivity index (χ4v) is 4.11. The van der Waals surface area contributed by atoms with Crippen molar-refractivity contribution in [2.45, 2.75) is 19.3 Å². The van der Waals surface area contributed by atoms with E-state index in [-0.39, 0.29) is 49.5 Å². The lowest BCUT2D eigenvalue weighted by Crippen LogP contribution is -2.43. The second-order valence-electron chi connectivity index (χ2n) is 6.88. The molecule has 2 aromatic rings. The van der Waals surface area contributed by atoms with Crippen molar-refractivity contribution in [1.82, 2.24) is 14.8 Å². The molecule has 2 heterocycles. The Hall–Kier alpha value is -2.23. The highest BCUT2D eigenvalue weighted by molar-refractivity contribution is 7.22. The molecule has 3 rings (SSSR count). The maximum atomic E-state index is 13.0. The van der Waals surface area contributed by atoms with Crippen LogP contribution in [-0.2, 0) is 14.4 Å². The zero-order chi connectivity index (χ0) is 20.3. The molecule has 1 aromatic heterocycles. The van der Waals surface area contributed by atoms with Gasteiger partial charge in [-0.05, 0) is 39.2 Å². The molecule has 0 aliphatic carbocycles. The van der Waals surface area contributed by atoms with E-state index in [4.69, 9.17) is 4.74 Å². The molecule has 158 valence electrons. The van der Waals surface area contributed by atoms with Gasteiger partial charge in [0.05, 0.1) is 11.8 Å². The number of benzene rings is 1. The van der Waals surface area contributed by atoms with Crippen LogP contribution < -0.4 is 9.64 Å².